The van der Waals surface area contributed by atoms with Crippen LogP contribution < -0.4 is 0 Å². The van der Waals surface area contributed by atoms with Gasteiger partial charge in [-0.15, -0.1) is 0 Å². The summed E-state index contributed by atoms with van der Waals surface area (Å²) in [5, 5.41) is 7.45. The molecule has 0 atom stereocenters. The Kier molecular flexibility index (Phi) is 9.19. The number of allylic oxidation sites excluding steroid dienone is 4. The molecule has 0 aliphatic heterocycles. The molecule has 0 unspecified atom stereocenters. The Morgan fingerprint density at radius 1 is 0.375 bits per heavy atom. The smallest absolute Gasteiger partial charge is 0.143 e. The lowest BCUT2D eigenvalue weighted by atomic mass is 9.95. The van der Waals surface area contributed by atoms with Gasteiger partial charge in [0.15, 0.2) is 0 Å². The Labute approximate surface area is 372 Å². The first-order valence-corrected chi connectivity index (χ1v) is 22.2. The van der Waals surface area contributed by atoms with Gasteiger partial charge in [-0.3, -0.25) is 0 Å². The highest BCUT2D eigenvalue weighted by Crippen LogP contribution is 2.41. The van der Waals surface area contributed by atoms with Crippen molar-refractivity contribution in [2.45, 2.75) is 12.8 Å². The Morgan fingerprint density at radius 3 is 1.56 bits per heavy atom. The second-order valence-corrected chi connectivity index (χ2v) is 16.8. The van der Waals surface area contributed by atoms with Gasteiger partial charge in [-0.1, -0.05) is 164 Å². The minimum absolute atomic E-state index is 0.900. The molecule has 0 spiro atoms. The number of para-hydroxylation sites is 4. The van der Waals surface area contributed by atoms with Gasteiger partial charge in [-0.2, -0.15) is 0 Å². The molecule has 12 aromatic rings. The van der Waals surface area contributed by atoms with E-state index in [1.54, 1.807) is 0 Å². The van der Waals surface area contributed by atoms with E-state index in [0.717, 1.165) is 45.9 Å². The molecule has 13 rings (SSSR count). The molecule has 0 bridgehead atoms. The summed E-state index contributed by atoms with van der Waals surface area (Å²) in [5.41, 5.74) is 17.6. The predicted molar refractivity (Wildman–Crippen MR) is 272 cm³/mol. The first kappa shape index (κ1) is 37.6. The van der Waals surface area contributed by atoms with Crippen LogP contribution in [0.1, 0.15) is 12.8 Å². The predicted octanol–water partition coefficient (Wildman–Crippen LogP) is 16.9. The highest BCUT2D eigenvalue weighted by atomic mass is 16.3. The van der Waals surface area contributed by atoms with Crippen LogP contribution in [-0.4, -0.2) is 9.13 Å². The first-order chi connectivity index (χ1) is 31.7. The fraction of sp³-hybridized carbons (Fsp3) is 0.0492. The van der Waals surface area contributed by atoms with E-state index in [1.165, 1.54) is 82.7 Å². The summed E-state index contributed by atoms with van der Waals surface area (Å²) < 4.78 is 11.3. The van der Waals surface area contributed by atoms with E-state index in [0.29, 0.717) is 0 Å². The summed E-state index contributed by atoms with van der Waals surface area (Å²) in [7, 11) is 2.12. The highest BCUT2D eigenvalue weighted by Gasteiger charge is 2.18. The molecule has 1 aliphatic rings. The standard InChI is InChI=1S/C48H33NO.C13H11N/c1-3-12-32(13-4-1)33-14-9-15-34(28-33)35-16-10-17-36(29-35)37-25-27-47-44(30-37)42-22-11-21-40(48(42)50-47)38-24-26-46-43(31-38)41-20-7-8-23-45(41)49(46)39-18-5-2-6-19-39;1-14-12-8-4-2-6-10(12)11-7-3-5-9-13(11)14/h1,3-5,7-31H,2,6H2;2-9H,1H3. The molecule has 0 saturated carbocycles. The number of benzene rings is 9. The number of hydrogen-bond acceptors (Lipinski definition) is 1. The second kappa shape index (κ2) is 15.6. The molecule has 3 aromatic heterocycles. The van der Waals surface area contributed by atoms with Crippen molar-refractivity contribution in [3.8, 4) is 44.5 Å². The van der Waals surface area contributed by atoms with Crippen molar-refractivity contribution in [1.29, 1.82) is 0 Å². The molecule has 0 fully saturated rings. The van der Waals surface area contributed by atoms with Crippen LogP contribution in [0.4, 0.5) is 0 Å². The number of fused-ring (bicyclic) bond motifs is 9. The fourth-order valence-electron chi connectivity index (χ4n) is 9.89. The number of furan rings is 1. The number of rotatable bonds is 5. The topological polar surface area (TPSA) is 23.0 Å². The summed E-state index contributed by atoms with van der Waals surface area (Å²) in [6.45, 7) is 0. The Hall–Kier alpha value is -8.14. The molecule has 64 heavy (non-hydrogen) atoms. The number of hydrogen-bond donors (Lipinski definition) is 0. The van der Waals surface area contributed by atoms with Crippen molar-refractivity contribution in [1.82, 2.24) is 9.13 Å². The normalized spacial score (nSPS) is 12.7. The average Bonchev–Trinajstić information content (AvgIpc) is 4.02. The minimum Gasteiger partial charge on any atom is -0.455 e. The van der Waals surface area contributed by atoms with E-state index >= 15 is 0 Å². The summed E-state index contributed by atoms with van der Waals surface area (Å²) in [5.74, 6) is 0. The molecule has 9 aromatic carbocycles. The Balaban J connectivity index is 0.000000262. The van der Waals surface area contributed by atoms with Crippen molar-refractivity contribution in [2.24, 2.45) is 7.05 Å². The molecule has 3 nitrogen and oxygen atoms in total. The molecule has 0 N–H and O–H groups in total. The van der Waals surface area contributed by atoms with Gasteiger partial charge in [0.2, 0.25) is 0 Å². The molecule has 3 heteroatoms. The second-order valence-electron chi connectivity index (χ2n) is 16.8. The summed E-state index contributed by atoms with van der Waals surface area (Å²) in [6.07, 6.45) is 9.06. The number of aromatic nitrogens is 2. The third-order valence-corrected chi connectivity index (χ3v) is 13.0. The maximum atomic E-state index is 6.65. The van der Waals surface area contributed by atoms with E-state index in [2.05, 4.69) is 241 Å². The van der Waals surface area contributed by atoms with Crippen molar-refractivity contribution in [2.75, 3.05) is 0 Å². The van der Waals surface area contributed by atoms with Crippen LogP contribution in [0.5, 0.6) is 0 Å². The zero-order chi connectivity index (χ0) is 42.6. The minimum atomic E-state index is 0.900. The largest absolute Gasteiger partial charge is 0.455 e. The molecular formula is C61H44N2O. The van der Waals surface area contributed by atoms with Gasteiger partial charge in [-0.05, 0) is 112 Å². The van der Waals surface area contributed by atoms with Gasteiger partial charge >= 0.3 is 0 Å². The van der Waals surface area contributed by atoms with Gasteiger partial charge in [0, 0.05) is 61.7 Å². The Bertz CT molecular complexity index is 3740. The lowest BCUT2D eigenvalue weighted by Crippen LogP contribution is -1.96. The molecule has 0 radical (unpaired) electrons. The zero-order valence-corrected chi connectivity index (χ0v) is 35.6. The zero-order valence-electron chi connectivity index (χ0n) is 35.6. The van der Waals surface area contributed by atoms with E-state index in [-0.39, 0.29) is 0 Å². The van der Waals surface area contributed by atoms with Crippen LogP contribution in [0.3, 0.4) is 0 Å². The third kappa shape index (κ3) is 6.44. The van der Waals surface area contributed by atoms with Crippen molar-refractivity contribution >= 4 is 71.2 Å². The van der Waals surface area contributed by atoms with Gasteiger partial charge in [0.1, 0.15) is 11.2 Å². The van der Waals surface area contributed by atoms with Crippen molar-refractivity contribution < 1.29 is 4.42 Å². The van der Waals surface area contributed by atoms with Gasteiger partial charge in [0.05, 0.1) is 11.0 Å². The lowest BCUT2D eigenvalue weighted by Gasteiger charge is -2.12. The molecule has 304 valence electrons. The molecule has 0 saturated heterocycles. The van der Waals surface area contributed by atoms with Crippen LogP contribution in [0, 0.1) is 0 Å². The summed E-state index contributed by atoms with van der Waals surface area (Å²) in [4.78, 5) is 0. The molecule has 3 heterocycles. The quantitative estimate of drug-likeness (QED) is 0.170. The van der Waals surface area contributed by atoms with Gasteiger partial charge in [0.25, 0.3) is 0 Å². The van der Waals surface area contributed by atoms with E-state index < -0.39 is 0 Å². The van der Waals surface area contributed by atoms with Crippen LogP contribution >= 0.6 is 0 Å². The highest BCUT2D eigenvalue weighted by molar-refractivity contribution is 6.14. The molecule has 0 amide bonds. The number of aryl methyl sites for hydroxylation is 1. The Morgan fingerprint density at radius 2 is 0.891 bits per heavy atom. The van der Waals surface area contributed by atoms with Crippen LogP contribution in [0.25, 0.3) is 116 Å². The van der Waals surface area contributed by atoms with Gasteiger partial charge < -0.3 is 13.6 Å². The maximum absolute atomic E-state index is 6.65. The maximum Gasteiger partial charge on any atom is 0.143 e. The average molecular weight is 821 g/mol. The van der Waals surface area contributed by atoms with E-state index in [9.17, 15) is 0 Å². The number of nitrogens with zero attached hydrogens (tertiary/aromatic N) is 2. The van der Waals surface area contributed by atoms with Crippen molar-refractivity contribution in [3.63, 3.8) is 0 Å². The fourth-order valence-corrected chi connectivity index (χ4v) is 9.89. The van der Waals surface area contributed by atoms with Crippen LogP contribution in [0.2, 0.25) is 0 Å². The molecular weight excluding hydrogens is 777 g/mol. The van der Waals surface area contributed by atoms with Crippen LogP contribution in [0.15, 0.2) is 229 Å². The monoisotopic (exact) mass is 820 g/mol. The summed E-state index contributed by atoms with van der Waals surface area (Å²) >= 11 is 0. The SMILES string of the molecule is C1=CC(n2c3ccccc3c3cc(-c4cccc5c4oc4ccc(-c6cccc(-c7cccc(-c8ccccc8)c7)c6)cc45)ccc32)=CCC1.Cn1c2ccccc2c2ccccc21. The molecule has 1 aliphatic carbocycles. The lowest BCUT2D eigenvalue weighted by molar-refractivity contribution is 0.670. The summed E-state index contributed by atoms with van der Waals surface area (Å²) in [6, 6.07) is 74.0. The first-order valence-electron chi connectivity index (χ1n) is 22.2. The van der Waals surface area contributed by atoms with E-state index in [4.69, 9.17) is 4.42 Å². The third-order valence-electron chi connectivity index (χ3n) is 13.0. The van der Waals surface area contributed by atoms with E-state index in [1.807, 2.05) is 0 Å². The van der Waals surface area contributed by atoms with Gasteiger partial charge in [-0.25, -0.2) is 0 Å². The van der Waals surface area contributed by atoms with Crippen molar-refractivity contribution in [3.05, 3.63) is 224 Å². The van der Waals surface area contributed by atoms with Crippen LogP contribution in [-0.2, 0) is 7.05 Å².